The van der Waals surface area contributed by atoms with Crippen molar-refractivity contribution in [2.75, 3.05) is 19.1 Å². The Kier molecular flexibility index (Phi) is 11.2. The lowest BCUT2D eigenvalue weighted by Gasteiger charge is -2.42. The summed E-state index contributed by atoms with van der Waals surface area (Å²) >= 11 is 4.27. The average Bonchev–Trinajstić information content (AvgIpc) is 3.33. The van der Waals surface area contributed by atoms with E-state index in [1.807, 2.05) is 30.3 Å². The molecule has 2 atom stereocenters. The number of nitrogens with one attached hydrogen (secondary N) is 1. The molecule has 5 rings (SSSR count). The maximum absolute atomic E-state index is 15.3. The summed E-state index contributed by atoms with van der Waals surface area (Å²) in [6.07, 6.45) is -0.997. The lowest BCUT2D eigenvalue weighted by Crippen LogP contribution is -2.67. The lowest BCUT2D eigenvalue weighted by atomic mass is 9.67. The molecule has 2 amide bonds. The second-order valence-electron chi connectivity index (χ2n) is 13.0. The topological polar surface area (TPSA) is 120 Å². The number of nitrogens with zero attached hydrogens (tertiary/aromatic N) is 1. The van der Waals surface area contributed by atoms with E-state index in [4.69, 9.17) is 18.9 Å². The standard InChI is InChI=1S/C39H39BrN2O8S/c1-37(2,3)50-36(46)41-39(31-21-14-27(40)22-32(31)42(33(39)43)23-25-10-8-7-9-11-25)38(4,35(45)51-30-19-17-29(48-6)18-20-30)34(44)49-24-26-12-15-28(47-5)16-13-26/h7-22H,23-24H2,1-6H3,(H,41,46)/t38-,39+/m1/s1. The molecule has 266 valence electrons. The molecule has 0 spiro atoms. The van der Waals surface area contributed by atoms with Gasteiger partial charge in [-0.15, -0.1) is 0 Å². The Labute approximate surface area is 309 Å². The van der Waals surface area contributed by atoms with E-state index in [2.05, 4.69) is 21.2 Å². The number of amides is 2. The SMILES string of the molecule is COc1ccc(COC(=O)[C@](C)(C(=O)Sc2ccc(OC)cc2)[C@@]2(NC(=O)OC(C)(C)C)C(=O)N(Cc3ccccc3)c3cc(Br)ccc32)cc1. The highest BCUT2D eigenvalue weighted by atomic mass is 79.9. The van der Waals surface area contributed by atoms with Gasteiger partial charge in [0, 0.05) is 14.9 Å². The van der Waals surface area contributed by atoms with Gasteiger partial charge in [0.25, 0.3) is 5.91 Å². The highest BCUT2D eigenvalue weighted by molar-refractivity contribution is 9.10. The molecule has 1 N–H and O–H groups in total. The van der Waals surface area contributed by atoms with Crippen LogP contribution < -0.4 is 19.7 Å². The van der Waals surface area contributed by atoms with Crippen LogP contribution >= 0.6 is 27.7 Å². The molecule has 0 bridgehead atoms. The minimum atomic E-state index is -2.36. The van der Waals surface area contributed by atoms with E-state index < -0.39 is 39.6 Å². The first-order chi connectivity index (χ1) is 24.2. The van der Waals surface area contributed by atoms with E-state index in [0.29, 0.717) is 32.1 Å². The number of hydrogen-bond acceptors (Lipinski definition) is 9. The molecule has 1 aliphatic rings. The van der Waals surface area contributed by atoms with Gasteiger partial charge in [0.2, 0.25) is 5.12 Å². The van der Waals surface area contributed by atoms with Gasteiger partial charge in [-0.25, -0.2) is 4.79 Å². The van der Waals surface area contributed by atoms with Crippen molar-refractivity contribution in [1.29, 1.82) is 0 Å². The minimum Gasteiger partial charge on any atom is -0.497 e. The Morgan fingerprint density at radius 2 is 1.43 bits per heavy atom. The monoisotopic (exact) mass is 774 g/mol. The van der Waals surface area contributed by atoms with Crippen LogP contribution in [-0.4, -0.2) is 42.9 Å². The number of halogens is 1. The number of carbonyl (C=O) groups is 4. The van der Waals surface area contributed by atoms with Crippen LogP contribution in [0.2, 0.25) is 0 Å². The molecular weight excluding hydrogens is 736 g/mol. The number of carbonyl (C=O) groups excluding carboxylic acids is 4. The van der Waals surface area contributed by atoms with Gasteiger partial charge in [-0.3, -0.25) is 14.4 Å². The fraction of sp³-hybridized carbons (Fsp3) is 0.282. The molecule has 0 unspecified atom stereocenters. The summed E-state index contributed by atoms with van der Waals surface area (Å²) in [5, 5.41) is 2.03. The smallest absolute Gasteiger partial charge is 0.408 e. The van der Waals surface area contributed by atoms with E-state index in [0.717, 1.165) is 17.3 Å². The maximum Gasteiger partial charge on any atom is 0.408 e. The molecule has 0 aromatic heterocycles. The minimum absolute atomic E-state index is 0.0810. The zero-order valence-corrected chi connectivity index (χ0v) is 31.6. The lowest BCUT2D eigenvalue weighted by molar-refractivity contribution is -0.167. The molecule has 1 aliphatic heterocycles. The molecule has 4 aromatic rings. The van der Waals surface area contributed by atoms with Crippen LogP contribution in [0.5, 0.6) is 11.5 Å². The first kappa shape index (κ1) is 37.4. The van der Waals surface area contributed by atoms with Crippen molar-refractivity contribution in [2.45, 2.75) is 56.9 Å². The van der Waals surface area contributed by atoms with Crippen LogP contribution in [0.15, 0.2) is 106 Å². The van der Waals surface area contributed by atoms with Gasteiger partial charge in [-0.1, -0.05) is 76.2 Å². The van der Waals surface area contributed by atoms with Crippen LogP contribution in [0, 0.1) is 5.41 Å². The van der Waals surface area contributed by atoms with E-state index >= 15 is 4.79 Å². The molecule has 0 radical (unpaired) electrons. The molecule has 0 saturated carbocycles. The fourth-order valence-electron chi connectivity index (χ4n) is 5.84. The van der Waals surface area contributed by atoms with Gasteiger partial charge in [0.05, 0.1) is 26.5 Å². The molecular formula is C39H39BrN2O8S. The fourth-order valence-corrected chi connectivity index (χ4v) is 7.11. The number of esters is 1. The van der Waals surface area contributed by atoms with Crippen LogP contribution in [0.25, 0.3) is 0 Å². The Morgan fingerprint density at radius 3 is 2.02 bits per heavy atom. The number of benzene rings is 4. The van der Waals surface area contributed by atoms with E-state index in [-0.39, 0.29) is 18.7 Å². The molecule has 1 heterocycles. The van der Waals surface area contributed by atoms with Gasteiger partial charge in [0.1, 0.15) is 23.7 Å². The van der Waals surface area contributed by atoms with Crippen molar-refractivity contribution < 1.29 is 38.1 Å². The molecule has 51 heavy (non-hydrogen) atoms. The molecule has 12 heteroatoms. The summed E-state index contributed by atoms with van der Waals surface area (Å²) in [5.41, 5.74) is -3.63. The molecule has 0 fully saturated rings. The number of ether oxygens (including phenoxy) is 4. The summed E-state index contributed by atoms with van der Waals surface area (Å²) in [4.78, 5) is 60.8. The molecule has 0 saturated heterocycles. The molecule has 10 nitrogen and oxygen atoms in total. The van der Waals surface area contributed by atoms with Gasteiger partial charge < -0.3 is 29.2 Å². The van der Waals surface area contributed by atoms with Crippen molar-refractivity contribution in [2.24, 2.45) is 5.41 Å². The van der Waals surface area contributed by atoms with Crippen LogP contribution in [-0.2, 0) is 42.5 Å². The first-order valence-electron chi connectivity index (χ1n) is 16.1. The number of hydrogen-bond donors (Lipinski definition) is 1. The maximum atomic E-state index is 15.3. The number of thioether (sulfide) groups is 1. The van der Waals surface area contributed by atoms with Crippen LogP contribution in [0.1, 0.15) is 44.4 Å². The Bertz CT molecular complexity index is 1910. The van der Waals surface area contributed by atoms with Crippen molar-refractivity contribution >= 4 is 56.5 Å². The Morgan fingerprint density at radius 1 is 0.824 bits per heavy atom. The third-order valence-corrected chi connectivity index (χ3v) is 10.1. The largest absolute Gasteiger partial charge is 0.497 e. The summed E-state index contributed by atoms with van der Waals surface area (Å²) in [5.74, 6) is -0.556. The predicted octanol–water partition coefficient (Wildman–Crippen LogP) is 7.80. The summed E-state index contributed by atoms with van der Waals surface area (Å²) in [6, 6.07) is 27.9. The van der Waals surface area contributed by atoms with Crippen molar-refractivity contribution in [3.63, 3.8) is 0 Å². The number of alkyl carbamates (subject to hydrolysis) is 1. The van der Waals surface area contributed by atoms with Crippen molar-refractivity contribution in [1.82, 2.24) is 5.32 Å². The second kappa shape index (κ2) is 15.2. The Balaban J connectivity index is 1.70. The Hall–Kier alpha value is -4.81. The first-order valence-corrected chi connectivity index (χ1v) is 17.7. The average molecular weight is 776 g/mol. The summed E-state index contributed by atoms with van der Waals surface area (Å²) in [6.45, 7) is 6.23. The number of anilines is 1. The second-order valence-corrected chi connectivity index (χ2v) is 15.0. The van der Waals surface area contributed by atoms with Gasteiger partial charge >= 0.3 is 12.1 Å². The predicted molar refractivity (Wildman–Crippen MR) is 198 cm³/mol. The quantitative estimate of drug-likeness (QED) is 0.0925. The normalized spacial score (nSPS) is 16.5. The van der Waals surface area contributed by atoms with Gasteiger partial charge in [-0.2, -0.15) is 0 Å². The van der Waals surface area contributed by atoms with Crippen LogP contribution in [0.3, 0.4) is 0 Å². The zero-order valence-electron chi connectivity index (χ0n) is 29.2. The highest BCUT2D eigenvalue weighted by Crippen LogP contribution is 2.54. The van der Waals surface area contributed by atoms with Gasteiger partial charge in [-0.05, 0) is 87.4 Å². The number of fused-ring (bicyclic) bond motifs is 1. The zero-order chi connectivity index (χ0) is 37.0. The number of rotatable bonds is 11. The number of methoxy groups -OCH3 is 2. The van der Waals surface area contributed by atoms with Crippen molar-refractivity contribution in [3.8, 4) is 11.5 Å². The molecule has 0 aliphatic carbocycles. The molecule has 4 aromatic carbocycles. The van der Waals surface area contributed by atoms with Gasteiger partial charge in [0.15, 0.2) is 11.0 Å². The van der Waals surface area contributed by atoms with Crippen LogP contribution in [0.4, 0.5) is 10.5 Å². The third-order valence-electron chi connectivity index (χ3n) is 8.46. The van der Waals surface area contributed by atoms with E-state index in [1.165, 1.54) is 18.9 Å². The summed E-state index contributed by atoms with van der Waals surface area (Å²) in [7, 11) is 3.07. The summed E-state index contributed by atoms with van der Waals surface area (Å²) < 4.78 is 22.8. The van der Waals surface area contributed by atoms with E-state index in [1.54, 1.807) is 94.6 Å². The van der Waals surface area contributed by atoms with E-state index in [9.17, 15) is 14.4 Å². The van der Waals surface area contributed by atoms with Crippen molar-refractivity contribution in [3.05, 3.63) is 118 Å². The highest BCUT2D eigenvalue weighted by Gasteiger charge is 2.70. The third kappa shape index (κ3) is 7.77.